The van der Waals surface area contributed by atoms with Gasteiger partial charge in [0.15, 0.2) is 0 Å². The third-order valence-electron chi connectivity index (χ3n) is 9.30. The summed E-state index contributed by atoms with van der Waals surface area (Å²) in [4.78, 5) is 35.3. The topological polar surface area (TPSA) is 125 Å². The van der Waals surface area contributed by atoms with E-state index in [1.807, 2.05) is 0 Å². The van der Waals surface area contributed by atoms with Gasteiger partial charge in [0.1, 0.15) is 0 Å². The second-order valence-corrected chi connectivity index (χ2v) is 16.2. The minimum absolute atomic E-state index is 0.0142. The Balaban J connectivity index is 4.10. The van der Waals surface area contributed by atoms with Crippen LogP contribution in [0.5, 0.6) is 0 Å². The molecule has 296 valence electrons. The number of carbonyl (C=O) groups excluding carboxylic acids is 2. The van der Waals surface area contributed by atoms with E-state index >= 15 is 0 Å². The molecule has 0 spiro atoms. The predicted octanol–water partition coefficient (Wildman–Crippen LogP) is 11.8. The highest BCUT2D eigenvalue weighted by atomic mass is 31.2. The van der Waals surface area contributed by atoms with Crippen LogP contribution in [-0.4, -0.2) is 49.4 Å². The average Bonchev–Trinajstić information content (AvgIpc) is 3.09. The van der Waals surface area contributed by atoms with Crippen molar-refractivity contribution in [1.29, 1.82) is 0 Å². The Hall–Kier alpha value is -1.21. The van der Waals surface area contributed by atoms with E-state index < -0.39 is 25.5 Å². The van der Waals surface area contributed by atoms with E-state index in [2.05, 4.69) is 26.0 Å². The fourth-order valence-electron chi connectivity index (χ4n) is 6.03. The van der Waals surface area contributed by atoms with E-state index in [0.717, 1.165) is 57.8 Å². The van der Waals surface area contributed by atoms with Crippen LogP contribution in [0.1, 0.15) is 200 Å². The Morgan fingerprint density at radius 2 is 0.980 bits per heavy atom. The molecule has 0 amide bonds. The van der Waals surface area contributed by atoms with Crippen LogP contribution >= 0.6 is 7.60 Å². The van der Waals surface area contributed by atoms with E-state index in [9.17, 15) is 19.0 Å². The number of esters is 2. The van der Waals surface area contributed by atoms with Crippen molar-refractivity contribution in [2.75, 3.05) is 32.5 Å². The maximum absolute atomic E-state index is 12.8. The predicted molar refractivity (Wildman–Crippen MR) is 209 cm³/mol. The van der Waals surface area contributed by atoms with Gasteiger partial charge in [0, 0.05) is 6.54 Å². The molecule has 0 bridgehead atoms. The Morgan fingerprint density at radius 1 is 0.600 bits per heavy atom. The van der Waals surface area contributed by atoms with Crippen molar-refractivity contribution in [2.45, 2.75) is 200 Å². The lowest BCUT2D eigenvalue weighted by atomic mass is 10.0. The Bertz CT molecular complexity index is 838. The number of nitrogens with two attached hydrogens (primary N) is 1. The smallest absolute Gasteiger partial charge is 0.329 e. The first-order valence-electron chi connectivity index (χ1n) is 21.0. The number of carbonyl (C=O) groups is 2. The molecule has 0 aromatic rings. The number of allylic oxidation sites excluding steroid dienone is 2. The normalized spacial score (nSPS) is 13.4. The summed E-state index contributed by atoms with van der Waals surface area (Å²) in [5.74, 6) is -2.12. The molecule has 9 heteroatoms. The largest absolute Gasteiger partial charge is 0.466 e. The van der Waals surface area contributed by atoms with Gasteiger partial charge in [-0.05, 0) is 38.5 Å². The molecular formula is C41H80NO7P. The molecule has 0 saturated carbocycles. The van der Waals surface area contributed by atoms with Crippen LogP contribution < -0.4 is 5.73 Å². The fourth-order valence-corrected chi connectivity index (χ4v) is 6.90. The maximum Gasteiger partial charge on any atom is 0.329 e. The molecule has 50 heavy (non-hydrogen) atoms. The van der Waals surface area contributed by atoms with Gasteiger partial charge in [0.25, 0.3) is 0 Å². The first-order chi connectivity index (χ1) is 24.4. The molecule has 0 radical (unpaired) electrons. The summed E-state index contributed by atoms with van der Waals surface area (Å²) in [6, 6.07) is 0. The summed E-state index contributed by atoms with van der Waals surface area (Å²) in [6.45, 7) is 4.67. The Morgan fingerprint density at radius 3 is 1.40 bits per heavy atom. The van der Waals surface area contributed by atoms with E-state index in [-0.39, 0.29) is 32.3 Å². The van der Waals surface area contributed by atoms with Crippen LogP contribution in [0, 0.1) is 5.92 Å². The van der Waals surface area contributed by atoms with Crippen molar-refractivity contribution in [3.05, 3.63) is 12.2 Å². The van der Waals surface area contributed by atoms with Gasteiger partial charge >= 0.3 is 19.5 Å². The van der Waals surface area contributed by atoms with Crippen molar-refractivity contribution >= 4 is 19.5 Å². The van der Waals surface area contributed by atoms with Crippen molar-refractivity contribution in [3.8, 4) is 0 Å². The summed E-state index contributed by atoms with van der Waals surface area (Å²) in [5, 5.41) is 0. The SMILES string of the molecule is CCCCCCCC/C=C\CCCCCCCOC(=O)[C@H](COP(=O)(O)CCN)CC(=O)OCCCCCCCCCCCCCCCCC. The minimum Gasteiger partial charge on any atom is -0.466 e. The summed E-state index contributed by atoms with van der Waals surface area (Å²) < 4.78 is 28.1. The molecule has 0 fully saturated rings. The molecule has 0 aliphatic heterocycles. The average molecular weight is 730 g/mol. The number of rotatable bonds is 39. The summed E-state index contributed by atoms with van der Waals surface area (Å²) in [7, 11) is -3.94. The molecule has 0 aromatic heterocycles. The monoisotopic (exact) mass is 730 g/mol. The van der Waals surface area contributed by atoms with E-state index in [1.54, 1.807) is 0 Å². The van der Waals surface area contributed by atoms with Crippen molar-refractivity contribution in [3.63, 3.8) is 0 Å². The van der Waals surface area contributed by atoms with Gasteiger partial charge < -0.3 is 24.6 Å². The summed E-state index contributed by atoms with van der Waals surface area (Å²) in [5.41, 5.74) is 5.41. The third kappa shape index (κ3) is 35.2. The van der Waals surface area contributed by atoms with Crippen molar-refractivity contribution < 1.29 is 33.0 Å². The van der Waals surface area contributed by atoms with Gasteiger partial charge in [-0.2, -0.15) is 0 Å². The zero-order chi connectivity index (χ0) is 36.8. The minimum atomic E-state index is -3.94. The molecule has 1 unspecified atom stereocenters. The molecule has 0 rings (SSSR count). The maximum atomic E-state index is 12.8. The van der Waals surface area contributed by atoms with Crippen LogP contribution in [-0.2, 0) is 28.2 Å². The summed E-state index contributed by atoms with van der Waals surface area (Å²) >= 11 is 0. The molecule has 8 nitrogen and oxygen atoms in total. The molecule has 0 heterocycles. The van der Waals surface area contributed by atoms with Crippen LogP contribution in [0.2, 0.25) is 0 Å². The van der Waals surface area contributed by atoms with Crippen LogP contribution in [0.25, 0.3) is 0 Å². The van der Waals surface area contributed by atoms with Crippen LogP contribution in [0.3, 0.4) is 0 Å². The molecule has 2 atom stereocenters. The first-order valence-corrected chi connectivity index (χ1v) is 22.8. The molecule has 0 saturated heterocycles. The zero-order valence-corrected chi connectivity index (χ0v) is 33.6. The number of unbranched alkanes of at least 4 members (excludes halogenated alkanes) is 25. The van der Waals surface area contributed by atoms with Crippen molar-refractivity contribution in [1.82, 2.24) is 0 Å². The van der Waals surface area contributed by atoms with Gasteiger partial charge in [-0.25, -0.2) is 0 Å². The van der Waals surface area contributed by atoms with Gasteiger partial charge in [0.05, 0.1) is 38.3 Å². The highest BCUT2D eigenvalue weighted by Crippen LogP contribution is 2.41. The second-order valence-electron chi connectivity index (χ2n) is 14.3. The third-order valence-corrected chi connectivity index (χ3v) is 10.7. The van der Waals surface area contributed by atoms with E-state index in [1.165, 1.54) is 122 Å². The molecule has 3 N–H and O–H groups in total. The lowest BCUT2D eigenvalue weighted by molar-refractivity contribution is -0.156. The van der Waals surface area contributed by atoms with Gasteiger partial charge in [-0.1, -0.05) is 167 Å². The van der Waals surface area contributed by atoms with Crippen LogP contribution in [0.15, 0.2) is 12.2 Å². The number of hydrogen-bond donors (Lipinski definition) is 2. The molecule has 0 aliphatic carbocycles. The lowest BCUT2D eigenvalue weighted by Crippen LogP contribution is -2.27. The first kappa shape index (κ1) is 48.8. The number of ether oxygens (including phenoxy) is 2. The fraction of sp³-hybridized carbons (Fsp3) is 0.902. The lowest BCUT2D eigenvalue weighted by Gasteiger charge is -2.18. The Labute approximate surface area is 308 Å². The summed E-state index contributed by atoms with van der Waals surface area (Å²) in [6.07, 6.45) is 38.5. The Kier molecular flexibility index (Phi) is 36.6. The zero-order valence-electron chi connectivity index (χ0n) is 32.7. The number of hydrogen-bond acceptors (Lipinski definition) is 7. The molecule has 0 aliphatic rings. The highest BCUT2D eigenvalue weighted by Gasteiger charge is 2.28. The van der Waals surface area contributed by atoms with Crippen LogP contribution in [0.4, 0.5) is 0 Å². The quantitative estimate of drug-likeness (QED) is 0.0277. The second kappa shape index (κ2) is 37.5. The molecular weight excluding hydrogens is 649 g/mol. The van der Waals surface area contributed by atoms with Gasteiger partial charge in [-0.3, -0.25) is 14.2 Å². The standard InChI is InChI=1S/C41H80NO7P/c1-3-5-7-9-11-13-15-17-19-21-23-25-27-29-31-34-47-40(43)37-39(38-49-50(45,46)36-33-42)41(44)48-35-32-30-28-26-24-22-20-18-16-14-12-10-8-6-4-2/h18,20,39H,3-17,19,21-38,42H2,1-2H3,(H,45,46)/b20-18-/t39-/m0/s1. The molecule has 0 aromatic carbocycles. The van der Waals surface area contributed by atoms with E-state index in [0.29, 0.717) is 6.61 Å². The van der Waals surface area contributed by atoms with Gasteiger partial charge in [0.2, 0.25) is 0 Å². The highest BCUT2D eigenvalue weighted by molar-refractivity contribution is 7.52. The van der Waals surface area contributed by atoms with Gasteiger partial charge in [-0.15, -0.1) is 0 Å². The van der Waals surface area contributed by atoms with Crippen molar-refractivity contribution in [2.24, 2.45) is 11.7 Å². The van der Waals surface area contributed by atoms with E-state index in [4.69, 9.17) is 19.7 Å².